The summed E-state index contributed by atoms with van der Waals surface area (Å²) in [5.41, 5.74) is 2.02. The molecule has 0 radical (unpaired) electrons. The van der Waals surface area contributed by atoms with Crippen LogP contribution in [0.4, 0.5) is 0 Å². The van der Waals surface area contributed by atoms with Gasteiger partial charge < -0.3 is 18.9 Å². The Morgan fingerprint density at radius 2 is 1.60 bits per heavy atom. The zero-order valence-electron chi connectivity index (χ0n) is 15.7. The molecule has 0 aromatic heterocycles. The molecule has 2 aromatic rings. The van der Waals surface area contributed by atoms with Crippen molar-refractivity contribution >= 4 is 13.2 Å². The Labute approximate surface area is 150 Å². The van der Waals surface area contributed by atoms with Gasteiger partial charge >= 0.3 is 0 Å². The largest absolute Gasteiger partial charge is 0.497 e. The van der Waals surface area contributed by atoms with E-state index in [2.05, 4.69) is 26.8 Å². The van der Waals surface area contributed by atoms with Crippen LogP contribution in [0, 0.1) is 0 Å². The first-order chi connectivity index (χ1) is 11.9. The van der Waals surface area contributed by atoms with Gasteiger partial charge in [-0.3, -0.25) is 0 Å². The zero-order valence-corrected chi connectivity index (χ0v) is 16.6. The third-order valence-electron chi connectivity index (χ3n) is 4.41. The Hall–Kier alpha value is -1.93. The van der Waals surface area contributed by atoms with Crippen molar-refractivity contribution in [3.8, 4) is 34.1 Å². The summed E-state index contributed by atoms with van der Waals surface area (Å²) in [5, 5.41) is 1.39. The second kappa shape index (κ2) is 6.76. The highest BCUT2D eigenvalue weighted by Crippen LogP contribution is 2.57. The van der Waals surface area contributed by atoms with E-state index in [0.29, 0.717) is 0 Å². The third-order valence-corrected chi connectivity index (χ3v) is 7.42. The van der Waals surface area contributed by atoms with Gasteiger partial charge in [0.15, 0.2) is 0 Å². The molecule has 5 heteroatoms. The molecule has 1 heterocycles. The lowest BCUT2D eigenvalue weighted by atomic mass is 10.0. The first-order valence-electron chi connectivity index (χ1n) is 8.24. The molecule has 134 valence electrons. The Morgan fingerprint density at radius 3 is 2.12 bits per heavy atom. The maximum Gasteiger partial charge on any atom is 0.131 e. The topological polar surface area (TPSA) is 36.9 Å². The summed E-state index contributed by atoms with van der Waals surface area (Å²) >= 11 is 0. The van der Waals surface area contributed by atoms with E-state index in [1.165, 1.54) is 5.30 Å². The minimum atomic E-state index is -0.487. The molecule has 0 saturated carbocycles. The number of fused-ring (bicyclic) bond motifs is 1. The molecule has 0 aliphatic carbocycles. The minimum Gasteiger partial charge on any atom is -0.497 e. The fraction of sp³-hybridized carbons (Fsp3) is 0.400. The predicted octanol–water partition coefficient (Wildman–Crippen LogP) is 4.64. The number of benzene rings is 2. The van der Waals surface area contributed by atoms with Crippen molar-refractivity contribution in [3.05, 3.63) is 30.3 Å². The van der Waals surface area contributed by atoms with Crippen LogP contribution in [0.1, 0.15) is 20.8 Å². The van der Waals surface area contributed by atoms with Crippen LogP contribution in [0.25, 0.3) is 11.1 Å². The molecule has 2 aromatic carbocycles. The summed E-state index contributed by atoms with van der Waals surface area (Å²) in [4.78, 5) is 0. The van der Waals surface area contributed by atoms with Gasteiger partial charge in [0, 0.05) is 16.9 Å². The highest BCUT2D eigenvalue weighted by atomic mass is 31.1. The van der Waals surface area contributed by atoms with Crippen LogP contribution in [0.5, 0.6) is 23.0 Å². The highest BCUT2D eigenvalue weighted by molar-refractivity contribution is 7.67. The van der Waals surface area contributed by atoms with E-state index in [9.17, 15) is 0 Å². The summed E-state index contributed by atoms with van der Waals surface area (Å²) in [6.07, 6.45) is 0.728. The summed E-state index contributed by atoms with van der Waals surface area (Å²) in [6.45, 7) is 6.81. The van der Waals surface area contributed by atoms with E-state index in [1.807, 2.05) is 24.3 Å². The number of hydrogen-bond acceptors (Lipinski definition) is 4. The molecule has 1 unspecified atom stereocenters. The van der Waals surface area contributed by atoms with Crippen molar-refractivity contribution in [2.24, 2.45) is 0 Å². The Morgan fingerprint density at radius 1 is 0.960 bits per heavy atom. The second-order valence-corrected chi connectivity index (χ2v) is 9.83. The Bertz CT molecular complexity index is 758. The SMILES string of the molecule is COc1cc2c(c(-c3c(OC)cccc3OC)c1)P(C(C)(C)C)CO2. The summed E-state index contributed by atoms with van der Waals surface area (Å²) in [6, 6.07) is 9.90. The Balaban J connectivity index is 2.33. The lowest BCUT2D eigenvalue weighted by Gasteiger charge is -2.28. The van der Waals surface area contributed by atoms with Crippen molar-refractivity contribution in [3.63, 3.8) is 0 Å². The minimum absolute atomic E-state index is 0.138. The molecule has 25 heavy (non-hydrogen) atoms. The van der Waals surface area contributed by atoms with Crippen molar-refractivity contribution in [1.29, 1.82) is 0 Å². The zero-order chi connectivity index (χ0) is 18.2. The van der Waals surface area contributed by atoms with Crippen LogP contribution < -0.4 is 24.3 Å². The normalized spacial score (nSPS) is 16.2. The van der Waals surface area contributed by atoms with E-state index >= 15 is 0 Å². The van der Waals surface area contributed by atoms with E-state index in [0.717, 1.165) is 40.5 Å². The number of rotatable bonds is 4. The Kier molecular flexibility index (Phi) is 4.83. The lowest BCUT2D eigenvalue weighted by molar-refractivity contribution is 0.387. The molecular formula is C20H25O4P. The van der Waals surface area contributed by atoms with Crippen LogP contribution in [-0.2, 0) is 0 Å². The van der Waals surface area contributed by atoms with Crippen LogP contribution in [0.2, 0.25) is 0 Å². The van der Waals surface area contributed by atoms with Gasteiger partial charge in [-0.05, 0) is 31.3 Å². The van der Waals surface area contributed by atoms with Gasteiger partial charge in [0.2, 0.25) is 0 Å². The summed E-state index contributed by atoms with van der Waals surface area (Å²) in [7, 11) is 4.55. The first-order valence-corrected chi connectivity index (χ1v) is 9.77. The molecular weight excluding hydrogens is 335 g/mol. The molecule has 0 N–H and O–H groups in total. The molecule has 1 aliphatic rings. The van der Waals surface area contributed by atoms with E-state index < -0.39 is 7.92 Å². The van der Waals surface area contributed by atoms with Gasteiger partial charge in [-0.2, -0.15) is 0 Å². The molecule has 0 fully saturated rings. The maximum absolute atomic E-state index is 6.06. The molecule has 3 rings (SSSR count). The second-order valence-electron chi connectivity index (χ2n) is 6.93. The van der Waals surface area contributed by atoms with Crippen molar-refractivity contribution in [2.75, 3.05) is 27.7 Å². The average Bonchev–Trinajstić information content (AvgIpc) is 3.04. The molecule has 4 nitrogen and oxygen atoms in total. The summed E-state index contributed by atoms with van der Waals surface area (Å²) < 4.78 is 22.9. The van der Waals surface area contributed by atoms with E-state index in [4.69, 9.17) is 18.9 Å². The van der Waals surface area contributed by atoms with E-state index in [-0.39, 0.29) is 5.16 Å². The first kappa shape index (κ1) is 17.9. The van der Waals surface area contributed by atoms with Gasteiger partial charge in [0.1, 0.15) is 29.3 Å². The fourth-order valence-corrected chi connectivity index (χ4v) is 5.44. The average molecular weight is 360 g/mol. The van der Waals surface area contributed by atoms with Gasteiger partial charge in [0.25, 0.3) is 0 Å². The van der Waals surface area contributed by atoms with Crippen LogP contribution in [-0.4, -0.2) is 32.8 Å². The fourth-order valence-electron chi connectivity index (χ4n) is 3.12. The van der Waals surface area contributed by atoms with E-state index in [1.54, 1.807) is 21.3 Å². The third kappa shape index (κ3) is 3.16. The molecule has 0 spiro atoms. The molecule has 0 amide bonds. The van der Waals surface area contributed by atoms with Crippen molar-refractivity contribution in [1.82, 2.24) is 0 Å². The van der Waals surface area contributed by atoms with Crippen LogP contribution in [0.3, 0.4) is 0 Å². The van der Waals surface area contributed by atoms with Gasteiger partial charge in [-0.25, -0.2) is 0 Å². The monoisotopic (exact) mass is 360 g/mol. The molecule has 1 aliphatic heterocycles. The highest BCUT2D eigenvalue weighted by Gasteiger charge is 2.37. The van der Waals surface area contributed by atoms with Crippen LogP contribution in [0.15, 0.2) is 30.3 Å². The van der Waals surface area contributed by atoms with Gasteiger partial charge in [-0.15, -0.1) is 0 Å². The number of methoxy groups -OCH3 is 3. The predicted molar refractivity (Wildman–Crippen MR) is 103 cm³/mol. The number of ether oxygens (including phenoxy) is 4. The quantitative estimate of drug-likeness (QED) is 0.745. The number of hydrogen-bond donors (Lipinski definition) is 0. The van der Waals surface area contributed by atoms with Gasteiger partial charge in [-0.1, -0.05) is 26.8 Å². The summed E-state index contributed by atoms with van der Waals surface area (Å²) in [5.74, 6) is 3.24. The molecule has 0 saturated heterocycles. The molecule has 1 atom stereocenters. The van der Waals surface area contributed by atoms with Crippen molar-refractivity contribution < 1.29 is 18.9 Å². The van der Waals surface area contributed by atoms with Crippen molar-refractivity contribution in [2.45, 2.75) is 25.9 Å². The molecule has 0 bridgehead atoms. The van der Waals surface area contributed by atoms with Crippen LogP contribution >= 0.6 is 7.92 Å². The standard InChI is InChI=1S/C20H25O4P/c1-20(2,3)25-12-24-17-11-13(21-4)10-14(19(17)25)18-15(22-5)8-7-9-16(18)23-6/h7-11H,12H2,1-6H3. The lowest BCUT2D eigenvalue weighted by Crippen LogP contribution is -2.19. The smallest absolute Gasteiger partial charge is 0.131 e. The maximum atomic E-state index is 6.06. The van der Waals surface area contributed by atoms with Gasteiger partial charge in [0.05, 0.1) is 26.9 Å².